The van der Waals surface area contributed by atoms with Gasteiger partial charge in [-0.2, -0.15) is 0 Å². The number of rotatable bonds is 7. The van der Waals surface area contributed by atoms with Crippen LogP contribution in [0.25, 0.3) is 0 Å². The van der Waals surface area contributed by atoms with Gasteiger partial charge in [0.25, 0.3) is 10.0 Å². The lowest BCUT2D eigenvalue weighted by molar-refractivity contribution is 0.101. The van der Waals surface area contributed by atoms with Crippen LogP contribution in [0.3, 0.4) is 0 Å². The molecule has 0 aliphatic carbocycles. The Bertz CT molecular complexity index is 1080. The third kappa shape index (κ3) is 4.58. The number of benzene rings is 3. The van der Waals surface area contributed by atoms with Crippen LogP contribution in [0, 0.1) is 0 Å². The van der Waals surface area contributed by atoms with E-state index >= 15 is 0 Å². The van der Waals surface area contributed by atoms with Crippen molar-refractivity contribution in [3.8, 4) is 5.75 Å². The van der Waals surface area contributed by atoms with Crippen molar-refractivity contribution in [1.29, 1.82) is 0 Å². The van der Waals surface area contributed by atoms with E-state index in [0.29, 0.717) is 23.4 Å². The van der Waals surface area contributed by atoms with Gasteiger partial charge >= 0.3 is 0 Å². The molecule has 0 radical (unpaired) electrons. The number of carbonyl (C=O) groups is 1. The van der Waals surface area contributed by atoms with Crippen molar-refractivity contribution in [2.24, 2.45) is 0 Å². The van der Waals surface area contributed by atoms with Gasteiger partial charge in [0.05, 0.1) is 12.0 Å². The molecular formula is C22H21NO4S. The van der Waals surface area contributed by atoms with E-state index in [1.54, 1.807) is 25.3 Å². The summed E-state index contributed by atoms with van der Waals surface area (Å²) in [6, 6.07) is 20.9. The zero-order valence-corrected chi connectivity index (χ0v) is 16.5. The maximum absolute atomic E-state index is 12.7. The second kappa shape index (κ2) is 8.27. The third-order valence-corrected chi connectivity index (χ3v) is 5.74. The van der Waals surface area contributed by atoms with Gasteiger partial charge in [-0.25, -0.2) is 8.42 Å². The van der Waals surface area contributed by atoms with Crippen LogP contribution in [0.4, 0.5) is 5.69 Å². The molecule has 6 heteroatoms. The van der Waals surface area contributed by atoms with Gasteiger partial charge in [-0.3, -0.25) is 9.52 Å². The molecule has 1 N–H and O–H groups in total. The number of hydrogen-bond acceptors (Lipinski definition) is 4. The van der Waals surface area contributed by atoms with Gasteiger partial charge < -0.3 is 4.74 Å². The quantitative estimate of drug-likeness (QED) is 0.606. The first-order valence-electron chi connectivity index (χ1n) is 8.74. The lowest BCUT2D eigenvalue weighted by Gasteiger charge is -2.13. The second-order valence-electron chi connectivity index (χ2n) is 6.38. The van der Waals surface area contributed by atoms with Gasteiger partial charge in [0.15, 0.2) is 5.78 Å². The molecule has 0 fully saturated rings. The Balaban J connectivity index is 1.87. The molecule has 0 saturated heterocycles. The lowest BCUT2D eigenvalue weighted by Crippen LogP contribution is -2.13. The van der Waals surface area contributed by atoms with Crippen molar-refractivity contribution < 1.29 is 17.9 Å². The molecule has 144 valence electrons. The molecule has 0 aliphatic heterocycles. The van der Waals surface area contributed by atoms with Crippen molar-refractivity contribution in [3.63, 3.8) is 0 Å². The van der Waals surface area contributed by atoms with Crippen LogP contribution in [-0.2, 0) is 16.4 Å². The third-order valence-electron chi connectivity index (χ3n) is 4.34. The largest absolute Gasteiger partial charge is 0.496 e. The first-order valence-corrected chi connectivity index (χ1v) is 10.2. The number of ether oxygens (including phenoxy) is 1. The lowest BCUT2D eigenvalue weighted by atomic mass is 10.0. The van der Waals surface area contributed by atoms with Gasteiger partial charge in [-0.15, -0.1) is 0 Å². The second-order valence-corrected chi connectivity index (χ2v) is 8.06. The van der Waals surface area contributed by atoms with Crippen molar-refractivity contribution in [2.45, 2.75) is 18.2 Å². The predicted molar refractivity (Wildman–Crippen MR) is 109 cm³/mol. The smallest absolute Gasteiger partial charge is 0.261 e. The average Bonchev–Trinajstić information content (AvgIpc) is 2.69. The van der Waals surface area contributed by atoms with Gasteiger partial charge in [0, 0.05) is 23.2 Å². The molecule has 28 heavy (non-hydrogen) atoms. The standard InChI is InChI=1S/C22H21NO4S/c1-16(24)18-8-11-21(12-9-18)28(25,26)23-20-10-13-22(27-2)19(15-20)14-17-6-4-3-5-7-17/h3-13,15,23H,14H2,1-2H3. The number of sulfonamides is 1. The monoisotopic (exact) mass is 395 g/mol. The molecule has 3 aromatic rings. The summed E-state index contributed by atoms with van der Waals surface area (Å²) in [5.74, 6) is 0.579. The van der Waals surface area contributed by atoms with Crippen LogP contribution in [0.5, 0.6) is 5.75 Å². The summed E-state index contributed by atoms with van der Waals surface area (Å²) in [6.07, 6.45) is 0.618. The van der Waals surface area contributed by atoms with Gasteiger partial charge in [-0.1, -0.05) is 42.5 Å². The normalized spacial score (nSPS) is 11.1. The summed E-state index contributed by atoms with van der Waals surface area (Å²) in [5, 5.41) is 0. The molecule has 0 spiro atoms. The fourth-order valence-electron chi connectivity index (χ4n) is 2.88. The zero-order chi connectivity index (χ0) is 20.1. The molecular weight excluding hydrogens is 374 g/mol. The van der Waals surface area contributed by atoms with E-state index in [9.17, 15) is 13.2 Å². The molecule has 0 amide bonds. The number of ketones is 1. The Morgan fingerprint density at radius 2 is 1.64 bits per heavy atom. The van der Waals surface area contributed by atoms with Crippen molar-refractivity contribution in [2.75, 3.05) is 11.8 Å². The molecule has 0 heterocycles. The summed E-state index contributed by atoms with van der Waals surface area (Å²) >= 11 is 0. The first-order chi connectivity index (χ1) is 13.4. The molecule has 3 aromatic carbocycles. The van der Waals surface area contributed by atoms with Gasteiger partial charge in [0.1, 0.15) is 5.75 Å². The highest BCUT2D eigenvalue weighted by Crippen LogP contribution is 2.27. The predicted octanol–water partition coefficient (Wildman–Crippen LogP) is 4.29. The number of hydrogen-bond donors (Lipinski definition) is 1. The van der Waals surface area contributed by atoms with Crippen LogP contribution in [-0.4, -0.2) is 21.3 Å². The van der Waals surface area contributed by atoms with Crippen LogP contribution in [0.15, 0.2) is 77.7 Å². The maximum Gasteiger partial charge on any atom is 0.261 e. The minimum absolute atomic E-state index is 0.0953. The highest BCUT2D eigenvalue weighted by Gasteiger charge is 2.16. The van der Waals surface area contributed by atoms with Crippen molar-refractivity contribution >= 4 is 21.5 Å². The Kier molecular flexibility index (Phi) is 5.80. The van der Waals surface area contributed by atoms with Crippen LogP contribution < -0.4 is 9.46 Å². The molecule has 3 rings (SSSR count). The van der Waals surface area contributed by atoms with E-state index in [-0.39, 0.29) is 10.7 Å². The van der Waals surface area contributed by atoms with E-state index in [1.807, 2.05) is 30.3 Å². The Morgan fingerprint density at radius 1 is 0.964 bits per heavy atom. The number of Topliss-reactive ketones (excluding diaryl/α,β-unsaturated/α-hetero) is 1. The number of nitrogens with one attached hydrogen (secondary N) is 1. The Labute approximate surface area is 165 Å². The maximum atomic E-state index is 12.7. The Hall–Kier alpha value is -3.12. The first kappa shape index (κ1) is 19.6. The molecule has 0 aromatic heterocycles. The van der Waals surface area contributed by atoms with E-state index in [0.717, 1.165) is 11.1 Å². The molecule has 0 atom stereocenters. The summed E-state index contributed by atoms with van der Waals surface area (Å²) < 4.78 is 33.4. The summed E-state index contributed by atoms with van der Waals surface area (Å²) in [7, 11) is -2.18. The van der Waals surface area contributed by atoms with Gasteiger partial charge in [-0.05, 0) is 42.8 Å². The van der Waals surface area contributed by atoms with Crippen LogP contribution in [0.1, 0.15) is 28.4 Å². The SMILES string of the molecule is COc1ccc(NS(=O)(=O)c2ccc(C(C)=O)cc2)cc1Cc1ccccc1. The minimum Gasteiger partial charge on any atom is -0.496 e. The molecule has 5 nitrogen and oxygen atoms in total. The average molecular weight is 395 g/mol. The van der Waals surface area contributed by atoms with E-state index < -0.39 is 10.0 Å². The molecule has 0 bridgehead atoms. The summed E-state index contributed by atoms with van der Waals surface area (Å²) in [5.41, 5.74) is 2.89. The molecule has 0 saturated carbocycles. The van der Waals surface area contributed by atoms with E-state index in [4.69, 9.17) is 4.74 Å². The highest BCUT2D eigenvalue weighted by molar-refractivity contribution is 7.92. The van der Waals surface area contributed by atoms with E-state index in [1.165, 1.54) is 31.2 Å². The van der Waals surface area contributed by atoms with Crippen molar-refractivity contribution in [1.82, 2.24) is 0 Å². The number of anilines is 1. The summed E-state index contributed by atoms with van der Waals surface area (Å²) in [4.78, 5) is 11.5. The Morgan fingerprint density at radius 3 is 2.25 bits per heavy atom. The minimum atomic E-state index is -3.77. The van der Waals surface area contributed by atoms with Crippen molar-refractivity contribution in [3.05, 3.63) is 89.5 Å². The van der Waals surface area contributed by atoms with Gasteiger partial charge in [0.2, 0.25) is 0 Å². The fourth-order valence-corrected chi connectivity index (χ4v) is 3.93. The van der Waals surface area contributed by atoms with E-state index in [2.05, 4.69) is 4.72 Å². The van der Waals surface area contributed by atoms with Crippen LogP contribution >= 0.6 is 0 Å². The number of carbonyl (C=O) groups excluding carboxylic acids is 1. The summed E-state index contributed by atoms with van der Waals surface area (Å²) in [6.45, 7) is 1.44. The molecule has 0 unspecified atom stereocenters. The zero-order valence-electron chi connectivity index (χ0n) is 15.7. The van der Waals surface area contributed by atoms with Crippen LogP contribution in [0.2, 0.25) is 0 Å². The molecule has 0 aliphatic rings. The topological polar surface area (TPSA) is 72.5 Å². The fraction of sp³-hybridized carbons (Fsp3) is 0.136. The number of methoxy groups -OCH3 is 1. The highest BCUT2D eigenvalue weighted by atomic mass is 32.2.